The summed E-state index contributed by atoms with van der Waals surface area (Å²) in [6, 6.07) is -0.649. The van der Waals surface area contributed by atoms with E-state index >= 15 is 0 Å². The molecule has 0 aliphatic carbocycles. The summed E-state index contributed by atoms with van der Waals surface area (Å²) in [6.45, 7) is 1.56. The molecule has 5 heteroatoms. The second-order valence-corrected chi connectivity index (χ2v) is 3.02. The summed E-state index contributed by atoms with van der Waals surface area (Å²) in [5, 5.41) is 8.91. The Hall–Kier alpha value is -0.940. The number of aliphatic hydroxyl groups excluding tert-OH is 1. The number of hydrogen-bond acceptors (Lipinski definition) is 5. The highest BCUT2D eigenvalue weighted by Gasteiger charge is 2.41. The topological polar surface area (TPSA) is 75.6 Å². The summed E-state index contributed by atoms with van der Waals surface area (Å²) in [6.07, 6.45) is 1.10. The van der Waals surface area contributed by atoms with Gasteiger partial charge in [-0.1, -0.05) is 6.92 Å². The van der Waals surface area contributed by atoms with Crippen LogP contribution >= 0.6 is 0 Å². The van der Waals surface area contributed by atoms with Gasteiger partial charge in [0.05, 0.1) is 12.5 Å². The summed E-state index contributed by atoms with van der Waals surface area (Å²) < 4.78 is 0. The first-order valence-corrected chi connectivity index (χ1v) is 4.30. The molecule has 1 aliphatic heterocycles. The van der Waals surface area contributed by atoms with Crippen LogP contribution in [-0.2, 0) is 14.4 Å². The average Bonchev–Trinajstić information content (AvgIpc) is 2.11. The van der Waals surface area contributed by atoms with E-state index < -0.39 is 17.9 Å². The van der Waals surface area contributed by atoms with E-state index in [1.54, 1.807) is 0 Å². The number of ketones is 1. The van der Waals surface area contributed by atoms with Crippen LogP contribution in [0.25, 0.3) is 0 Å². The van der Waals surface area contributed by atoms with E-state index in [0.29, 0.717) is 6.42 Å². The zero-order valence-corrected chi connectivity index (χ0v) is 7.45. The van der Waals surface area contributed by atoms with E-state index in [1.165, 1.54) is 0 Å². The lowest BCUT2D eigenvalue weighted by Gasteiger charge is -2.30. The van der Waals surface area contributed by atoms with E-state index in [0.717, 1.165) is 6.42 Å². The van der Waals surface area contributed by atoms with Gasteiger partial charge in [-0.3, -0.25) is 4.79 Å². The molecule has 1 heterocycles. The molecular formula is C8H13NO4. The van der Waals surface area contributed by atoms with Crippen molar-refractivity contribution >= 4 is 11.8 Å². The molecule has 0 saturated carbocycles. The number of Topliss-reactive ketones (excluding diaryl/α,β-unsaturated/α-hetero) is 1. The monoisotopic (exact) mass is 187 g/mol. The number of nitrogens with one attached hydrogen (secondary N) is 1. The molecule has 13 heavy (non-hydrogen) atoms. The van der Waals surface area contributed by atoms with Gasteiger partial charge in [0.2, 0.25) is 0 Å². The van der Waals surface area contributed by atoms with Crippen molar-refractivity contribution in [2.75, 3.05) is 6.61 Å². The lowest BCUT2D eigenvalue weighted by atomic mass is 9.93. The van der Waals surface area contributed by atoms with Gasteiger partial charge in [0.1, 0.15) is 5.78 Å². The predicted octanol–water partition coefficient (Wildman–Crippen LogP) is -0.606. The van der Waals surface area contributed by atoms with Crippen molar-refractivity contribution in [2.45, 2.75) is 25.8 Å². The molecule has 0 aromatic rings. The molecule has 0 spiro atoms. The van der Waals surface area contributed by atoms with Crippen molar-refractivity contribution in [3.8, 4) is 0 Å². The van der Waals surface area contributed by atoms with Gasteiger partial charge in [-0.05, 0) is 6.42 Å². The van der Waals surface area contributed by atoms with Gasteiger partial charge < -0.3 is 9.94 Å². The molecule has 74 valence electrons. The molecule has 0 aromatic carbocycles. The Labute approximate surface area is 76.0 Å². The van der Waals surface area contributed by atoms with E-state index in [4.69, 9.17) is 5.11 Å². The summed E-state index contributed by atoms with van der Waals surface area (Å²) in [4.78, 5) is 26.4. The lowest BCUT2D eigenvalue weighted by Crippen LogP contribution is -2.58. The van der Waals surface area contributed by atoms with Crippen LogP contribution < -0.4 is 5.48 Å². The number of hydrogen-bond donors (Lipinski definition) is 2. The molecule has 1 aliphatic rings. The summed E-state index contributed by atoms with van der Waals surface area (Å²) >= 11 is 0. The fraction of sp³-hybridized carbons (Fsp3) is 0.750. The van der Waals surface area contributed by atoms with Crippen LogP contribution in [0.15, 0.2) is 0 Å². The van der Waals surface area contributed by atoms with Gasteiger partial charge in [-0.2, -0.15) is 0 Å². The number of carbonyl (C=O) groups is 2. The third-order valence-electron chi connectivity index (χ3n) is 2.05. The Balaban J connectivity index is 2.51. The first-order valence-electron chi connectivity index (χ1n) is 4.30. The average molecular weight is 187 g/mol. The zero-order valence-electron chi connectivity index (χ0n) is 7.45. The Morgan fingerprint density at radius 1 is 1.77 bits per heavy atom. The maximum Gasteiger partial charge on any atom is 0.346 e. The lowest BCUT2D eigenvalue weighted by molar-refractivity contribution is -0.187. The second kappa shape index (κ2) is 4.34. The molecule has 1 rings (SSSR count). The van der Waals surface area contributed by atoms with E-state index in [2.05, 4.69) is 10.3 Å². The van der Waals surface area contributed by atoms with E-state index in [-0.39, 0.29) is 12.4 Å². The maximum atomic E-state index is 11.3. The molecule has 0 radical (unpaired) electrons. The minimum absolute atomic E-state index is 0.0980. The molecule has 1 saturated heterocycles. The minimum atomic E-state index is -0.652. The highest BCUT2D eigenvalue weighted by molar-refractivity contribution is 5.90. The largest absolute Gasteiger partial charge is 0.396 e. The number of hydroxylamine groups is 1. The van der Waals surface area contributed by atoms with Crippen molar-refractivity contribution in [3.05, 3.63) is 0 Å². The highest BCUT2D eigenvalue weighted by atomic mass is 16.7. The van der Waals surface area contributed by atoms with Crippen LogP contribution in [0.1, 0.15) is 19.8 Å². The first-order chi connectivity index (χ1) is 6.20. The molecule has 2 unspecified atom stereocenters. The summed E-state index contributed by atoms with van der Waals surface area (Å²) in [5.41, 5.74) is 2.36. The number of rotatable bonds is 5. The Bertz CT molecular complexity index is 216. The molecule has 1 fully saturated rings. The van der Waals surface area contributed by atoms with Crippen molar-refractivity contribution in [2.24, 2.45) is 5.92 Å². The van der Waals surface area contributed by atoms with Crippen LogP contribution in [0, 0.1) is 5.92 Å². The molecule has 5 nitrogen and oxygen atoms in total. The van der Waals surface area contributed by atoms with Gasteiger partial charge in [0.25, 0.3) is 0 Å². The van der Waals surface area contributed by atoms with Crippen molar-refractivity contribution in [1.29, 1.82) is 0 Å². The maximum absolute atomic E-state index is 11.3. The first kappa shape index (κ1) is 10.1. The molecule has 0 aromatic heterocycles. The smallest absolute Gasteiger partial charge is 0.346 e. The Kier molecular flexibility index (Phi) is 3.39. The van der Waals surface area contributed by atoms with Crippen molar-refractivity contribution < 1.29 is 19.5 Å². The van der Waals surface area contributed by atoms with E-state index in [1.807, 2.05) is 6.92 Å². The van der Waals surface area contributed by atoms with Gasteiger partial charge in [0, 0.05) is 6.42 Å². The van der Waals surface area contributed by atoms with Gasteiger partial charge in [-0.15, -0.1) is 5.48 Å². The van der Waals surface area contributed by atoms with E-state index in [9.17, 15) is 9.59 Å². The molecule has 2 atom stereocenters. The summed E-state index contributed by atoms with van der Waals surface area (Å²) in [5.74, 6) is -1.22. The van der Waals surface area contributed by atoms with Gasteiger partial charge in [-0.25, -0.2) is 4.79 Å². The quantitative estimate of drug-likeness (QED) is 0.600. The zero-order chi connectivity index (χ0) is 9.84. The van der Waals surface area contributed by atoms with Crippen LogP contribution in [0.4, 0.5) is 0 Å². The van der Waals surface area contributed by atoms with Crippen LogP contribution in [0.3, 0.4) is 0 Å². The molecule has 2 N–H and O–H groups in total. The van der Waals surface area contributed by atoms with Crippen molar-refractivity contribution in [3.63, 3.8) is 0 Å². The number of carbonyl (C=O) groups excluding carboxylic acids is 2. The Morgan fingerprint density at radius 2 is 2.46 bits per heavy atom. The normalized spacial score (nSPS) is 23.2. The summed E-state index contributed by atoms with van der Waals surface area (Å²) in [7, 11) is 0. The van der Waals surface area contributed by atoms with Crippen LogP contribution in [0.2, 0.25) is 0 Å². The third-order valence-corrected chi connectivity index (χ3v) is 2.05. The predicted molar refractivity (Wildman–Crippen MR) is 43.5 cm³/mol. The minimum Gasteiger partial charge on any atom is -0.396 e. The van der Waals surface area contributed by atoms with Crippen LogP contribution in [-0.4, -0.2) is 29.5 Å². The van der Waals surface area contributed by atoms with Crippen LogP contribution in [0.5, 0.6) is 0 Å². The van der Waals surface area contributed by atoms with Crippen molar-refractivity contribution in [1.82, 2.24) is 5.48 Å². The highest BCUT2D eigenvalue weighted by Crippen LogP contribution is 2.15. The Morgan fingerprint density at radius 3 is 2.77 bits per heavy atom. The standard InChI is InChI=1S/C8H13NO4/c1-2-3-6(11)5(4-10)7-8(12)13-9-7/h5,7,9-10H,2-4H2,1H3. The fourth-order valence-corrected chi connectivity index (χ4v) is 1.25. The molecule has 0 amide bonds. The number of aliphatic hydroxyl groups is 1. The van der Waals surface area contributed by atoms with Gasteiger partial charge >= 0.3 is 5.97 Å². The third kappa shape index (κ3) is 2.05. The fourth-order valence-electron chi connectivity index (χ4n) is 1.25. The second-order valence-electron chi connectivity index (χ2n) is 3.02. The van der Waals surface area contributed by atoms with Gasteiger partial charge in [0.15, 0.2) is 6.04 Å². The SMILES string of the molecule is CCCC(=O)C(CO)C1NOC1=O. The molecule has 0 bridgehead atoms. The molecular weight excluding hydrogens is 174 g/mol.